The summed E-state index contributed by atoms with van der Waals surface area (Å²) in [7, 11) is 0. The Kier molecular flexibility index (Phi) is 7.90. The van der Waals surface area contributed by atoms with Gasteiger partial charge in [-0.1, -0.05) is 67.8 Å². The smallest absolute Gasteiger partial charge is 0.247 e. The van der Waals surface area contributed by atoms with Gasteiger partial charge in [0.1, 0.15) is 11.9 Å². The van der Waals surface area contributed by atoms with Crippen LogP contribution in [0.2, 0.25) is 0 Å². The summed E-state index contributed by atoms with van der Waals surface area (Å²) < 4.78 is 0. The molecular formula is C27H33N5O. The van der Waals surface area contributed by atoms with E-state index in [4.69, 9.17) is 0 Å². The highest BCUT2D eigenvalue weighted by Gasteiger charge is 2.21. The van der Waals surface area contributed by atoms with Gasteiger partial charge in [-0.15, -0.1) is 0 Å². The molecule has 1 aliphatic carbocycles. The largest absolute Gasteiger partial charge is 0.358 e. The third kappa shape index (κ3) is 7.04. The predicted molar refractivity (Wildman–Crippen MR) is 134 cm³/mol. The van der Waals surface area contributed by atoms with Crippen molar-refractivity contribution in [3.63, 3.8) is 0 Å². The molecule has 1 atom stereocenters. The van der Waals surface area contributed by atoms with Crippen molar-refractivity contribution in [3.05, 3.63) is 78.0 Å². The average Bonchev–Trinajstić information content (AvgIpc) is 2.84. The number of hydrogen-bond donors (Lipinski definition) is 3. The summed E-state index contributed by atoms with van der Waals surface area (Å²) in [6, 6.07) is 21.0. The fourth-order valence-electron chi connectivity index (χ4n) is 4.34. The van der Waals surface area contributed by atoms with Crippen LogP contribution in [0.5, 0.6) is 0 Å². The van der Waals surface area contributed by atoms with E-state index < -0.39 is 6.04 Å². The number of para-hydroxylation sites is 1. The van der Waals surface area contributed by atoms with Gasteiger partial charge < -0.3 is 16.0 Å². The molecule has 1 fully saturated rings. The normalized spacial score (nSPS) is 14.9. The molecule has 1 saturated carbocycles. The molecule has 0 unspecified atom stereocenters. The van der Waals surface area contributed by atoms with Gasteiger partial charge in [-0.2, -0.15) is 4.98 Å². The molecule has 0 radical (unpaired) electrons. The molecule has 2 aromatic carbocycles. The summed E-state index contributed by atoms with van der Waals surface area (Å²) in [6.07, 6.45) is 7.05. The zero-order chi connectivity index (χ0) is 22.9. The Bertz CT molecular complexity index is 1020. The summed E-state index contributed by atoms with van der Waals surface area (Å²) >= 11 is 0. The van der Waals surface area contributed by atoms with Crippen LogP contribution in [0, 0.1) is 12.8 Å². The number of benzene rings is 2. The van der Waals surface area contributed by atoms with E-state index in [1.807, 2.05) is 73.7 Å². The van der Waals surface area contributed by atoms with Crippen molar-refractivity contribution in [2.24, 2.45) is 5.92 Å². The molecule has 0 aliphatic heterocycles. The zero-order valence-electron chi connectivity index (χ0n) is 19.3. The average molecular weight is 444 g/mol. The Labute approximate surface area is 196 Å². The SMILES string of the molecule is Cc1cc(N[C@@H](Cc2ccccc2)C(=O)Nc2ccccc2)nc(NCC2CCCCC2)n1. The van der Waals surface area contributed by atoms with E-state index >= 15 is 0 Å². The van der Waals surface area contributed by atoms with E-state index in [0.29, 0.717) is 24.1 Å². The van der Waals surface area contributed by atoms with Gasteiger partial charge in [0.15, 0.2) is 0 Å². The first-order valence-corrected chi connectivity index (χ1v) is 11.9. The molecule has 1 amide bonds. The molecule has 1 aromatic heterocycles. The van der Waals surface area contributed by atoms with Crippen LogP contribution in [0.15, 0.2) is 66.7 Å². The van der Waals surface area contributed by atoms with Crippen LogP contribution in [0.4, 0.5) is 17.5 Å². The highest BCUT2D eigenvalue weighted by atomic mass is 16.2. The Balaban J connectivity index is 1.48. The van der Waals surface area contributed by atoms with Crippen molar-refractivity contribution in [2.75, 3.05) is 22.5 Å². The van der Waals surface area contributed by atoms with Crippen molar-refractivity contribution < 1.29 is 4.79 Å². The second-order valence-electron chi connectivity index (χ2n) is 8.85. The molecule has 0 bridgehead atoms. The highest BCUT2D eigenvalue weighted by molar-refractivity contribution is 5.96. The lowest BCUT2D eigenvalue weighted by atomic mass is 9.89. The van der Waals surface area contributed by atoms with Crippen molar-refractivity contribution in [2.45, 2.75) is 51.5 Å². The number of amides is 1. The first-order chi connectivity index (χ1) is 16.2. The highest BCUT2D eigenvalue weighted by Crippen LogP contribution is 2.24. The fraction of sp³-hybridized carbons (Fsp3) is 0.370. The Morgan fingerprint density at radius 1 is 0.970 bits per heavy atom. The summed E-state index contributed by atoms with van der Waals surface area (Å²) in [5.74, 6) is 1.85. The van der Waals surface area contributed by atoms with Gasteiger partial charge in [-0.05, 0) is 43.4 Å². The fourth-order valence-corrected chi connectivity index (χ4v) is 4.34. The van der Waals surface area contributed by atoms with E-state index in [-0.39, 0.29) is 5.91 Å². The third-order valence-electron chi connectivity index (χ3n) is 6.09. The quantitative estimate of drug-likeness (QED) is 0.410. The lowest BCUT2D eigenvalue weighted by Gasteiger charge is -2.22. The zero-order valence-corrected chi connectivity index (χ0v) is 19.3. The number of carbonyl (C=O) groups excluding carboxylic acids is 1. The van der Waals surface area contributed by atoms with Crippen LogP contribution in [-0.4, -0.2) is 28.5 Å². The second-order valence-corrected chi connectivity index (χ2v) is 8.85. The van der Waals surface area contributed by atoms with Gasteiger partial charge in [0.25, 0.3) is 0 Å². The molecule has 3 aromatic rings. The minimum absolute atomic E-state index is 0.0990. The standard InChI is InChI=1S/C27H33N5O/c1-20-17-25(32-27(29-20)28-19-22-13-7-3-8-14-22)31-24(18-21-11-5-2-6-12-21)26(33)30-23-15-9-4-10-16-23/h2,4-6,9-12,15-17,22,24H,3,7-8,13-14,18-19H2,1H3,(H,30,33)(H2,28,29,31,32)/t24-/m0/s1. The van der Waals surface area contributed by atoms with E-state index in [1.165, 1.54) is 32.1 Å². The molecule has 4 rings (SSSR count). The lowest BCUT2D eigenvalue weighted by Crippen LogP contribution is -2.37. The number of nitrogens with one attached hydrogen (secondary N) is 3. The van der Waals surface area contributed by atoms with E-state index in [9.17, 15) is 4.79 Å². The maximum absolute atomic E-state index is 13.2. The molecule has 1 heterocycles. The van der Waals surface area contributed by atoms with Gasteiger partial charge >= 0.3 is 0 Å². The van der Waals surface area contributed by atoms with Crippen LogP contribution < -0.4 is 16.0 Å². The number of aromatic nitrogens is 2. The number of anilines is 3. The summed E-state index contributed by atoms with van der Waals surface area (Å²) in [5, 5.41) is 9.81. The lowest BCUT2D eigenvalue weighted by molar-refractivity contribution is -0.116. The van der Waals surface area contributed by atoms with Crippen LogP contribution in [0.3, 0.4) is 0 Å². The van der Waals surface area contributed by atoms with Gasteiger partial charge in [0.2, 0.25) is 11.9 Å². The molecule has 0 spiro atoms. The van der Waals surface area contributed by atoms with Crippen LogP contribution >= 0.6 is 0 Å². The molecule has 3 N–H and O–H groups in total. The topological polar surface area (TPSA) is 78.9 Å². The summed E-state index contributed by atoms with van der Waals surface area (Å²) in [4.78, 5) is 22.4. The number of carbonyl (C=O) groups is 1. The number of aryl methyl sites for hydroxylation is 1. The molecular weight excluding hydrogens is 410 g/mol. The van der Waals surface area contributed by atoms with Crippen LogP contribution in [0.25, 0.3) is 0 Å². The van der Waals surface area contributed by atoms with Gasteiger partial charge in [0.05, 0.1) is 0 Å². The molecule has 33 heavy (non-hydrogen) atoms. The molecule has 1 aliphatic rings. The Morgan fingerprint density at radius 2 is 1.67 bits per heavy atom. The molecule has 6 heteroatoms. The van der Waals surface area contributed by atoms with Gasteiger partial charge in [-0.3, -0.25) is 4.79 Å². The molecule has 172 valence electrons. The maximum Gasteiger partial charge on any atom is 0.247 e. The maximum atomic E-state index is 13.2. The Morgan fingerprint density at radius 3 is 2.39 bits per heavy atom. The first-order valence-electron chi connectivity index (χ1n) is 11.9. The van der Waals surface area contributed by atoms with Crippen LogP contribution in [-0.2, 0) is 11.2 Å². The second kappa shape index (κ2) is 11.5. The van der Waals surface area contributed by atoms with Crippen molar-refractivity contribution in [1.82, 2.24) is 9.97 Å². The number of rotatable bonds is 9. The van der Waals surface area contributed by atoms with Crippen molar-refractivity contribution in [1.29, 1.82) is 0 Å². The molecule has 6 nitrogen and oxygen atoms in total. The molecule has 0 saturated heterocycles. The van der Waals surface area contributed by atoms with Gasteiger partial charge in [0, 0.05) is 30.4 Å². The van der Waals surface area contributed by atoms with Gasteiger partial charge in [-0.25, -0.2) is 4.98 Å². The summed E-state index contributed by atoms with van der Waals surface area (Å²) in [6.45, 7) is 2.85. The summed E-state index contributed by atoms with van der Waals surface area (Å²) in [5.41, 5.74) is 2.72. The minimum Gasteiger partial charge on any atom is -0.358 e. The predicted octanol–water partition coefficient (Wildman–Crippen LogP) is 5.44. The van der Waals surface area contributed by atoms with E-state index in [2.05, 4.69) is 25.9 Å². The minimum atomic E-state index is -0.479. The van der Waals surface area contributed by atoms with Crippen molar-refractivity contribution >= 4 is 23.4 Å². The Hall–Kier alpha value is -3.41. The third-order valence-corrected chi connectivity index (χ3v) is 6.09. The van der Waals surface area contributed by atoms with E-state index in [1.54, 1.807) is 0 Å². The van der Waals surface area contributed by atoms with Crippen LogP contribution in [0.1, 0.15) is 43.4 Å². The number of nitrogens with zero attached hydrogens (tertiary/aromatic N) is 2. The number of hydrogen-bond acceptors (Lipinski definition) is 5. The monoisotopic (exact) mass is 443 g/mol. The van der Waals surface area contributed by atoms with Crippen molar-refractivity contribution in [3.8, 4) is 0 Å². The first kappa shape index (κ1) is 22.8. The van der Waals surface area contributed by atoms with E-state index in [0.717, 1.165) is 23.5 Å².